The third-order valence-corrected chi connectivity index (χ3v) is 30.2. The average molecular weight is 339 g/mol. The zero-order valence-corrected chi connectivity index (χ0v) is 15.6. The van der Waals surface area contributed by atoms with Crippen LogP contribution in [0.5, 0.6) is 0 Å². The van der Waals surface area contributed by atoms with E-state index in [1.807, 2.05) is 0 Å². The molecule has 0 aliphatic rings. The van der Waals surface area contributed by atoms with E-state index < -0.39 is 25.1 Å². The second-order valence-corrected chi connectivity index (χ2v) is 32.8. The molecule has 0 amide bonds. The van der Waals surface area contributed by atoms with Crippen LogP contribution in [0.1, 0.15) is 20.8 Å². The van der Waals surface area contributed by atoms with E-state index >= 15 is 0 Å². The molecule has 0 aromatic rings. The molecule has 0 saturated heterocycles. The Kier molecular flexibility index (Phi) is 7.51. The van der Waals surface area contributed by atoms with E-state index in [1.54, 1.807) is 0 Å². The van der Waals surface area contributed by atoms with Gasteiger partial charge < -0.3 is 0 Å². The molecule has 0 saturated carbocycles. The molecule has 0 N–H and O–H groups in total. The van der Waals surface area contributed by atoms with Crippen molar-refractivity contribution in [3.8, 4) is 0 Å². The van der Waals surface area contributed by atoms with E-state index in [4.69, 9.17) is 0 Å². The van der Waals surface area contributed by atoms with Crippen LogP contribution in [0, 0.1) is 0 Å². The summed E-state index contributed by atoms with van der Waals surface area (Å²) in [4.78, 5) is 0. The molecule has 0 aliphatic carbocycles. The molecule has 0 nitrogen and oxygen atoms in total. The fourth-order valence-corrected chi connectivity index (χ4v) is 21.4. The first kappa shape index (κ1) is 15.4. The van der Waals surface area contributed by atoms with Crippen LogP contribution in [0.15, 0.2) is 0 Å². The van der Waals surface area contributed by atoms with Gasteiger partial charge in [0.2, 0.25) is 0 Å². The van der Waals surface area contributed by atoms with Crippen molar-refractivity contribution in [3.63, 3.8) is 0 Å². The molecule has 0 atom stereocenters. The van der Waals surface area contributed by atoms with Crippen molar-refractivity contribution in [2.45, 2.75) is 59.8 Å². The fraction of sp³-hybridized carbons (Fsp3) is 1.00. The molecule has 0 aromatic carbocycles. The monoisotopic (exact) mass is 340 g/mol. The fourth-order valence-electron chi connectivity index (χ4n) is 1.63. The van der Waals surface area contributed by atoms with Gasteiger partial charge in [-0.3, -0.25) is 0 Å². The van der Waals surface area contributed by atoms with Gasteiger partial charge in [0.15, 0.2) is 0 Å². The van der Waals surface area contributed by atoms with Crippen molar-refractivity contribution < 1.29 is 0 Å². The molecule has 14 heavy (non-hydrogen) atoms. The van der Waals surface area contributed by atoms with Crippen LogP contribution in [0.25, 0.3) is 0 Å². The molecular formula is C11H28SSiSn. The van der Waals surface area contributed by atoms with Gasteiger partial charge in [-0.05, 0) is 0 Å². The summed E-state index contributed by atoms with van der Waals surface area (Å²) in [6.07, 6.45) is 0. The first-order chi connectivity index (χ1) is 6.39. The maximum atomic E-state index is 2.49. The van der Waals surface area contributed by atoms with E-state index in [9.17, 15) is 0 Å². The SMILES string of the molecule is C[CH2][Sn]([CH2]C)([CH2]C)[S]CC[Si](C)(C)C. The third-order valence-electron chi connectivity index (χ3n) is 3.19. The second-order valence-electron chi connectivity index (χ2n) is 5.40. The van der Waals surface area contributed by atoms with Gasteiger partial charge in [-0.25, -0.2) is 0 Å². The first-order valence-corrected chi connectivity index (χ1v) is 20.3. The second kappa shape index (κ2) is 6.84. The van der Waals surface area contributed by atoms with Gasteiger partial charge in [-0.1, -0.05) is 0 Å². The van der Waals surface area contributed by atoms with Crippen molar-refractivity contribution in [1.82, 2.24) is 0 Å². The van der Waals surface area contributed by atoms with Crippen LogP contribution in [-0.2, 0) is 0 Å². The van der Waals surface area contributed by atoms with Gasteiger partial charge >= 0.3 is 99.5 Å². The van der Waals surface area contributed by atoms with E-state index in [2.05, 4.69) is 49.4 Å². The molecule has 0 unspecified atom stereocenters. The third kappa shape index (κ3) is 6.06. The summed E-state index contributed by atoms with van der Waals surface area (Å²) in [5, 5.41) is 0. The average Bonchev–Trinajstić information content (AvgIpc) is 2.11. The Morgan fingerprint density at radius 3 is 1.64 bits per heavy atom. The Morgan fingerprint density at radius 1 is 0.929 bits per heavy atom. The van der Waals surface area contributed by atoms with Crippen molar-refractivity contribution >= 4 is 34.0 Å². The summed E-state index contributed by atoms with van der Waals surface area (Å²) in [5.74, 6) is 1.47. The Labute approximate surface area is 99.0 Å². The molecule has 0 bridgehead atoms. The molecule has 0 aliphatic heterocycles. The topological polar surface area (TPSA) is 0 Å². The van der Waals surface area contributed by atoms with Gasteiger partial charge in [0.05, 0.1) is 0 Å². The van der Waals surface area contributed by atoms with Crippen LogP contribution in [0.3, 0.4) is 0 Å². The standard InChI is InChI=1S/C5H14SSi.3C2H5.Sn/c1-7(2,3)5-4-6;3*1-2;/h6H,4-5H2,1-3H3;3*1H2,2H3;/q;;;;+1/p-1. The minimum absolute atomic E-state index is 0.782. The number of rotatable bonds is 7. The van der Waals surface area contributed by atoms with Crippen molar-refractivity contribution in [3.05, 3.63) is 0 Å². The number of hydrogen-bond donors (Lipinski definition) is 0. The van der Waals surface area contributed by atoms with Gasteiger partial charge in [-0.2, -0.15) is 0 Å². The van der Waals surface area contributed by atoms with E-state index in [-0.39, 0.29) is 0 Å². The Hall–Kier alpha value is 1.37. The van der Waals surface area contributed by atoms with E-state index in [1.165, 1.54) is 25.1 Å². The van der Waals surface area contributed by atoms with Crippen LogP contribution in [0.2, 0.25) is 39.0 Å². The molecular weight excluding hydrogens is 311 g/mol. The predicted octanol–water partition coefficient (Wildman–Crippen LogP) is 5.06. The van der Waals surface area contributed by atoms with Crippen LogP contribution in [0.4, 0.5) is 0 Å². The van der Waals surface area contributed by atoms with E-state index in [0.717, 1.165) is 0 Å². The van der Waals surface area contributed by atoms with Crippen LogP contribution < -0.4 is 0 Å². The summed E-state index contributed by atoms with van der Waals surface area (Å²) < 4.78 is 4.62. The summed E-state index contributed by atoms with van der Waals surface area (Å²) in [6.45, 7) is 14.8. The molecule has 0 fully saturated rings. The quantitative estimate of drug-likeness (QED) is 0.584. The summed E-state index contributed by atoms with van der Waals surface area (Å²) in [7, 11) is 1.66. The Morgan fingerprint density at radius 2 is 1.36 bits per heavy atom. The normalized spacial score (nSPS) is 13.3. The van der Waals surface area contributed by atoms with Gasteiger partial charge in [0, 0.05) is 0 Å². The molecule has 0 radical (unpaired) electrons. The zero-order valence-electron chi connectivity index (χ0n) is 10.9. The zero-order chi connectivity index (χ0) is 11.2. The minimum atomic E-state index is -1.63. The molecule has 0 heterocycles. The maximum absolute atomic E-state index is 2.49. The first-order valence-electron chi connectivity index (χ1n) is 6.03. The van der Waals surface area contributed by atoms with Crippen LogP contribution in [-0.4, -0.2) is 30.8 Å². The van der Waals surface area contributed by atoms with Crippen LogP contribution >= 0.6 is 8.95 Å². The molecule has 0 spiro atoms. The molecule has 0 rings (SSSR count). The van der Waals surface area contributed by atoms with Crippen molar-refractivity contribution in [2.75, 3.05) is 5.75 Å². The van der Waals surface area contributed by atoms with Gasteiger partial charge in [0.25, 0.3) is 0 Å². The van der Waals surface area contributed by atoms with Gasteiger partial charge in [0.1, 0.15) is 0 Å². The predicted molar refractivity (Wildman–Crippen MR) is 77.8 cm³/mol. The molecule has 0 aromatic heterocycles. The molecule has 86 valence electrons. The van der Waals surface area contributed by atoms with E-state index in [0.29, 0.717) is 0 Å². The van der Waals surface area contributed by atoms with Crippen molar-refractivity contribution in [1.29, 1.82) is 0 Å². The summed E-state index contributed by atoms with van der Waals surface area (Å²) in [5.41, 5.74) is 0. The molecule has 3 heteroatoms. The Balaban J connectivity index is 3.95. The number of hydrogen-bond acceptors (Lipinski definition) is 1. The van der Waals surface area contributed by atoms with Crippen molar-refractivity contribution in [2.24, 2.45) is 0 Å². The Bertz CT molecular complexity index is 142. The summed E-state index contributed by atoms with van der Waals surface area (Å²) in [6, 6.07) is 1.52. The van der Waals surface area contributed by atoms with Gasteiger partial charge in [-0.15, -0.1) is 0 Å². The summed E-state index contributed by atoms with van der Waals surface area (Å²) >= 11 is -1.63.